The molecule has 1 amide bonds. The number of piperazine rings is 1. The number of benzene rings is 2. The molecule has 9 nitrogen and oxygen atoms in total. The molecule has 288 valence electrons. The molecule has 1 saturated carbocycles. The van der Waals surface area contributed by atoms with Crippen LogP contribution in [-0.2, 0) is 26.6 Å². The fraction of sp³-hybridized carbons (Fsp3) is 0.643. The Labute approximate surface area is 321 Å². The normalized spacial score (nSPS) is 35.4. The Kier molecular flexibility index (Phi) is 10.4. The number of rotatable bonds is 3. The molecule has 3 fully saturated rings. The number of methoxy groups -OCH3 is 1. The second kappa shape index (κ2) is 14.8. The Hall–Kier alpha value is -2.63. The van der Waals surface area contributed by atoms with Gasteiger partial charge in [-0.25, -0.2) is 13.1 Å². The van der Waals surface area contributed by atoms with E-state index in [-0.39, 0.29) is 17.3 Å². The van der Waals surface area contributed by atoms with Crippen molar-refractivity contribution >= 4 is 33.2 Å². The summed E-state index contributed by atoms with van der Waals surface area (Å²) >= 11 is 6.51. The van der Waals surface area contributed by atoms with E-state index in [4.69, 9.17) is 21.1 Å². The predicted octanol–water partition coefficient (Wildman–Crippen LogP) is 6.44. The first-order valence-corrected chi connectivity index (χ1v) is 22.0. The number of carbonyl (C=O) groups is 1. The maximum absolute atomic E-state index is 13.7. The zero-order chi connectivity index (χ0) is 37.0. The highest BCUT2D eigenvalue weighted by Gasteiger charge is 2.50. The lowest BCUT2D eigenvalue weighted by molar-refractivity contribution is -0.100. The van der Waals surface area contributed by atoms with Crippen molar-refractivity contribution in [3.63, 3.8) is 0 Å². The van der Waals surface area contributed by atoms with Crippen LogP contribution in [0, 0.1) is 17.8 Å². The maximum Gasteiger partial charge on any atom is 0.264 e. The van der Waals surface area contributed by atoms with Crippen LogP contribution in [0.15, 0.2) is 48.6 Å². The fourth-order valence-electron chi connectivity index (χ4n) is 10.5. The summed E-state index contributed by atoms with van der Waals surface area (Å²) in [6.07, 6.45) is 14.1. The van der Waals surface area contributed by atoms with Crippen LogP contribution in [0.2, 0.25) is 5.02 Å². The molecule has 53 heavy (non-hydrogen) atoms. The number of hydrogen-bond acceptors (Lipinski definition) is 8. The molecule has 8 rings (SSSR count). The van der Waals surface area contributed by atoms with E-state index in [0.29, 0.717) is 30.6 Å². The van der Waals surface area contributed by atoms with Crippen LogP contribution in [-0.4, -0.2) is 101 Å². The number of fused-ring (bicyclic) bond motifs is 5. The lowest BCUT2D eigenvalue weighted by atomic mass is 9.63. The van der Waals surface area contributed by atoms with E-state index in [1.165, 1.54) is 36.9 Å². The number of hydrogen-bond donors (Lipinski definition) is 1. The van der Waals surface area contributed by atoms with Gasteiger partial charge >= 0.3 is 0 Å². The molecule has 11 heteroatoms. The van der Waals surface area contributed by atoms with Crippen molar-refractivity contribution in [2.24, 2.45) is 17.8 Å². The maximum atomic E-state index is 13.7. The van der Waals surface area contributed by atoms with Crippen molar-refractivity contribution in [3.05, 3.63) is 70.3 Å². The third-order valence-corrected chi connectivity index (χ3v) is 16.2. The topological polar surface area (TPSA) is 91.4 Å². The number of allylic oxidation sites excluding steroid dienone is 1. The standard InChI is InChI=1S/C42H57ClN4O5S/c1-29-8-6-18-42(51-3,27-45-20-21-46-19-5-4-10-35(46)25-45)37-14-11-33(37)24-47-26-41(17-7-9-31-22-34(43)13-15-36(31)41)28-52-39-16-12-32(23-38(39)47)40(48)44-53(49,50)30(29)2/h6,12-13,15-16,18,22-23,29-30,33,35,37H,4-5,7-11,14,17,19-21,24-28H2,1-3H3,(H,44,48)/b18-6+/t29-,30+,33-,35+,37+,41?,42-/m0/s1. The Morgan fingerprint density at radius 3 is 2.70 bits per heavy atom. The van der Waals surface area contributed by atoms with Gasteiger partial charge in [-0.2, -0.15) is 0 Å². The average Bonchev–Trinajstić information content (AvgIpc) is 3.28. The van der Waals surface area contributed by atoms with Crippen LogP contribution < -0.4 is 14.4 Å². The number of aryl methyl sites for hydroxylation is 1. The van der Waals surface area contributed by atoms with Gasteiger partial charge in [0.15, 0.2) is 0 Å². The molecule has 1 N–H and O–H groups in total. The summed E-state index contributed by atoms with van der Waals surface area (Å²) in [5.74, 6) is 0.551. The number of ether oxygens (including phenoxy) is 2. The highest BCUT2D eigenvalue weighted by atomic mass is 35.5. The number of amides is 1. The van der Waals surface area contributed by atoms with Crippen molar-refractivity contribution in [2.75, 3.05) is 64.4 Å². The Bertz CT molecular complexity index is 1840. The van der Waals surface area contributed by atoms with E-state index in [2.05, 4.69) is 43.7 Å². The van der Waals surface area contributed by atoms with E-state index in [9.17, 15) is 13.2 Å². The molecule has 1 unspecified atom stereocenters. The van der Waals surface area contributed by atoms with E-state index in [1.54, 1.807) is 13.0 Å². The number of halogens is 1. The summed E-state index contributed by atoms with van der Waals surface area (Å²) < 4.78 is 43.2. The van der Waals surface area contributed by atoms with Crippen molar-refractivity contribution in [2.45, 2.75) is 93.9 Å². The third kappa shape index (κ3) is 7.16. The van der Waals surface area contributed by atoms with Crippen molar-refractivity contribution in [3.8, 4) is 5.75 Å². The number of anilines is 1. The van der Waals surface area contributed by atoms with Gasteiger partial charge in [0, 0.05) is 68.4 Å². The minimum atomic E-state index is -3.95. The van der Waals surface area contributed by atoms with E-state index < -0.39 is 26.8 Å². The molecule has 2 bridgehead atoms. The zero-order valence-corrected chi connectivity index (χ0v) is 33.3. The van der Waals surface area contributed by atoms with Crippen LogP contribution in [0.4, 0.5) is 5.69 Å². The SMILES string of the molecule is CO[C@]1(CN2CCN3CCCC[C@@H]3C2)/C=C/C[C@H](C)[C@@H](C)S(=O)(=O)NC(=O)c2ccc3c(c2)N(C[C@@H]2CC[C@H]21)CC1(CCCc2cc(Cl)ccc21)CO3. The highest BCUT2D eigenvalue weighted by molar-refractivity contribution is 7.90. The molecule has 2 saturated heterocycles. The van der Waals surface area contributed by atoms with Gasteiger partial charge in [0.1, 0.15) is 11.4 Å². The lowest BCUT2D eigenvalue weighted by Gasteiger charge is -2.53. The average molecular weight is 765 g/mol. The largest absolute Gasteiger partial charge is 0.490 e. The molecule has 0 aromatic heterocycles. The molecule has 6 aliphatic rings. The number of sulfonamides is 1. The van der Waals surface area contributed by atoms with Crippen LogP contribution in [0.5, 0.6) is 5.75 Å². The van der Waals surface area contributed by atoms with E-state index in [0.717, 1.165) is 87.8 Å². The van der Waals surface area contributed by atoms with Gasteiger partial charge in [0.2, 0.25) is 10.0 Å². The Morgan fingerprint density at radius 1 is 1.02 bits per heavy atom. The second-order valence-electron chi connectivity index (χ2n) is 17.1. The number of nitrogens with zero attached hydrogens (tertiary/aromatic N) is 3. The minimum absolute atomic E-state index is 0.206. The van der Waals surface area contributed by atoms with Gasteiger partial charge in [0.25, 0.3) is 5.91 Å². The van der Waals surface area contributed by atoms with Crippen LogP contribution in [0.3, 0.4) is 0 Å². The van der Waals surface area contributed by atoms with Gasteiger partial charge in [-0.15, -0.1) is 0 Å². The Morgan fingerprint density at radius 2 is 1.89 bits per heavy atom. The van der Waals surface area contributed by atoms with Crippen LogP contribution in [0.25, 0.3) is 0 Å². The van der Waals surface area contributed by atoms with Crippen molar-refractivity contribution in [1.29, 1.82) is 0 Å². The third-order valence-electron chi connectivity index (χ3n) is 14.0. The monoisotopic (exact) mass is 764 g/mol. The lowest BCUT2D eigenvalue weighted by Crippen LogP contribution is -2.61. The number of nitrogens with one attached hydrogen (secondary N) is 1. The van der Waals surface area contributed by atoms with E-state index in [1.807, 2.05) is 32.2 Å². The van der Waals surface area contributed by atoms with Crippen molar-refractivity contribution < 1.29 is 22.7 Å². The Balaban J connectivity index is 1.19. The zero-order valence-electron chi connectivity index (χ0n) is 31.7. The van der Waals surface area contributed by atoms with Crippen LogP contribution in [0.1, 0.15) is 86.7 Å². The molecule has 4 aliphatic heterocycles. The predicted molar refractivity (Wildman–Crippen MR) is 211 cm³/mol. The fourth-order valence-corrected chi connectivity index (χ4v) is 12.0. The molecule has 7 atom stereocenters. The molecule has 2 aliphatic carbocycles. The first-order valence-electron chi connectivity index (χ1n) is 20.1. The molecule has 2 aromatic rings. The van der Waals surface area contributed by atoms with Gasteiger partial charge in [-0.05, 0) is 124 Å². The summed E-state index contributed by atoms with van der Waals surface area (Å²) in [5, 5.41) is -0.0127. The molecular weight excluding hydrogens is 708 g/mol. The highest BCUT2D eigenvalue weighted by Crippen LogP contribution is 2.49. The molecule has 0 radical (unpaired) electrons. The first kappa shape index (κ1) is 37.3. The number of piperidine rings is 1. The second-order valence-corrected chi connectivity index (χ2v) is 19.6. The summed E-state index contributed by atoms with van der Waals surface area (Å²) in [7, 11) is -2.07. The minimum Gasteiger partial charge on any atom is -0.490 e. The molecule has 1 spiro atoms. The van der Waals surface area contributed by atoms with E-state index >= 15 is 0 Å². The van der Waals surface area contributed by atoms with Gasteiger partial charge < -0.3 is 14.4 Å². The summed E-state index contributed by atoms with van der Waals surface area (Å²) in [4.78, 5) is 21.4. The molecule has 2 aromatic carbocycles. The summed E-state index contributed by atoms with van der Waals surface area (Å²) in [6.45, 7) is 10.9. The van der Waals surface area contributed by atoms with Crippen LogP contribution >= 0.6 is 11.6 Å². The quantitative estimate of drug-likeness (QED) is 0.358. The molecular formula is C42H57ClN4O5S. The summed E-state index contributed by atoms with van der Waals surface area (Å²) in [5.41, 5.74) is 2.97. The smallest absolute Gasteiger partial charge is 0.264 e. The van der Waals surface area contributed by atoms with Crippen molar-refractivity contribution in [1.82, 2.24) is 14.5 Å². The number of carbonyl (C=O) groups excluding carboxylic acids is 1. The summed E-state index contributed by atoms with van der Waals surface area (Å²) in [6, 6.07) is 12.3. The first-order chi connectivity index (χ1) is 25.5. The molecule has 4 heterocycles. The van der Waals surface area contributed by atoms with Gasteiger partial charge in [-0.3, -0.25) is 14.6 Å². The van der Waals surface area contributed by atoms with Gasteiger partial charge in [-0.1, -0.05) is 43.2 Å². The van der Waals surface area contributed by atoms with Gasteiger partial charge in [0.05, 0.1) is 17.5 Å².